The number of likely N-dealkylation sites (N-methyl/N-ethyl adjacent to an activating group) is 1. The molecule has 31 heavy (non-hydrogen) atoms. The molecule has 0 spiro atoms. The molecule has 5 rings (SSSR count). The highest BCUT2D eigenvalue weighted by Gasteiger charge is 2.21. The minimum Gasteiger partial charge on any atom is -0.339 e. The van der Waals surface area contributed by atoms with Crippen LogP contribution in [0.3, 0.4) is 0 Å². The predicted octanol–water partition coefficient (Wildman–Crippen LogP) is 4.46. The van der Waals surface area contributed by atoms with Crippen molar-refractivity contribution in [1.29, 1.82) is 0 Å². The Bertz CT molecular complexity index is 1180. The smallest absolute Gasteiger partial charge is 0.138 e. The lowest BCUT2D eigenvalue weighted by molar-refractivity contribution is 0.129. The molecule has 1 saturated heterocycles. The van der Waals surface area contributed by atoms with Gasteiger partial charge in [0.05, 0.1) is 10.7 Å². The number of piperazine rings is 1. The fourth-order valence-corrected chi connectivity index (χ4v) is 4.36. The summed E-state index contributed by atoms with van der Waals surface area (Å²) in [7, 11) is 2.17. The van der Waals surface area contributed by atoms with Gasteiger partial charge in [-0.3, -0.25) is 4.90 Å². The van der Waals surface area contributed by atoms with Crippen LogP contribution in [0.25, 0.3) is 33.4 Å². The van der Waals surface area contributed by atoms with E-state index in [0.717, 1.165) is 59.6 Å². The van der Waals surface area contributed by atoms with Gasteiger partial charge in [0.2, 0.25) is 0 Å². The van der Waals surface area contributed by atoms with Crippen molar-refractivity contribution in [2.24, 2.45) is 0 Å². The number of halogens is 1. The van der Waals surface area contributed by atoms with E-state index >= 15 is 0 Å². The molecule has 1 atom stereocenters. The van der Waals surface area contributed by atoms with Crippen LogP contribution in [-0.2, 0) is 0 Å². The molecular formula is C24H24ClN6. The van der Waals surface area contributed by atoms with Crippen molar-refractivity contribution in [3.8, 4) is 22.4 Å². The Hall–Kier alpha value is -2.80. The van der Waals surface area contributed by atoms with Gasteiger partial charge < -0.3 is 9.88 Å². The average molecular weight is 432 g/mol. The molecular weight excluding hydrogens is 408 g/mol. The van der Waals surface area contributed by atoms with Crippen molar-refractivity contribution < 1.29 is 0 Å². The number of rotatable bonds is 4. The number of nitrogens with one attached hydrogen (secondary N) is 1. The van der Waals surface area contributed by atoms with Crippen molar-refractivity contribution in [3.63, 3.8) is 0 Å². The zero-order chi connectivity index (χ0) is 21.4. The summed E-state index contributed by atoms with van der Waals surface area (Å²) in [5.74, 6) is 0. The Labute approximate surface area is 186 Å². The first-order valence-corrected chi connectivity index (χ1v) is 10.8. The molecule has 6 nitrogen and oxygen atoms in total. The summed E-state index contributed by atoms with van der Waals surface area (Å²) in [5.41, 5.74) is 5.98. The number of fused-ring (bicyclic) bond motifs is 1. The summed E-state index contributed by atoms with van der Waals surface area (Å²) in [6, 6.07) is 10.7. The average Bonchev–Trinajstić information content (AvgIpc) is 3.18. The SMILES string of the molecule is [CH2]C(c1ccc(-c2[nH]c3ncc(Cl)cc3c2-c2cncnc2)cc1)N1CCN(C)CC1. The van der Waals surface area contributed by atoms with E-state index in [-0.39, 0.29) is 6.04 Å². The Morgan fingerprint density at radius 3 is 2.42 bits per heavy atom. The van der Waals surface area contributed by atoms with Gasteiger partial charge >= 0.3 is 0 Å². The van der Waals surface area contributed by atoms with Crippen LogP contribution >= 0.6 is 11.6 Å². The number of hydrogen-bond donors (Lipinski definition) is 1. The molecule has 4 aromatic rings. The lowest BCUT2D eigenvalue weighted by Gasteiger charge is -2.36. The van der Waals surface area contributed by atoms with E-state index in [2.05, 4.69) is 68.0 Å². The van der Waals surface area contributed by atoms with Crippen molar-refractivity contribution >= 4 is 22.6 Å². The summed E-state index contributed by atoms with van der Waals surface area (Å²) < 4.78 is 0. The van der Waals surface area contributed by atoms with Crippen LogP contribution in [0.5, 0.6) is 0 Å². The van der Waals surface area contributed by atoms with E-state index in [0.29, 0.717) is 5.02 Å². The minimum atomic E-state index is 0.146. The maximum Gasteiger partial charge on any atom is 0.138 e. The van der Waals surface area contributed by atoms with Crippen LogP contribution in [0.1, 0.15) is 11.6 Å². The van der Waals surface area contributed by atoms with Crippen LogP contribution < -0.4 is 0 Å². The summed E-state index contributed by atoms with van der Waals surface area (Å²) in [6.45, 7) is 8.67. The molecule has 0 bridgehead atoms. The number of aromatic amines is 1. The number of pyridine rings is 1. The summed E-state index contributed by atoms with van der Waals surface area (Å²) in [5, 5.41) is 1.55. The molecule has 0 aliphatic carbocycles. The molecule has 0 amide bonds. The largest absolute Gasteiger partial charge is 0.339 e. The standard InChI is InChI=1S/C24H24ClN6/c1-16(31-9-7-30(2)8-10-31)17-3-5-18(6-4-17)23-22(19-12-26-15-27-13-19)21-11-20(25)14-28-24(21)29-23/h3-6,11-16H,1,7-10H2,2H3,(H,28,29). The molecule has 1 N–H and O–H groups in total. The summed E-state index contributed by atoms with van der Waals surface area (Å²) in [4.78, 5) is 21.1. The molecule has 1 aromatic carbocycles. The van der Waals surface area contributed by atoms with E-state index < -0.39 is 0 Å². The van der Waals surface area contributed by atoms with Crippen LogP contribution in [-0.4, -0.2) is 63.0 Å². The van der Waals surface area contributed by atoms with E-state index in [4.69, 9.17) is 11.6 Å². The molecule has 3 aromatic heterocycles. The molecule has 7 heteroatoms. The molecule has 157 valence electrons. The first kappa shape index (κ1) is 20.1. The van der Waals surface area contributed by atoms with Crippen molar-refractivity contribution in [3.05, 3.63) is 72.8 Å². The second-order valence-corrected chi connectivity index (χ2v) is 8.47. The Morgan fingerprint density at radius 1 is 1.00 bits per heavy atom. The first-order valence-electron chi connectivity index (χ1n) is 10.4. The Balaban J connectivity index is 1.52. The monoisotopic (exact) mass is 431 g/mol. The second kappa shape index (κ2) is 8.38. The molecule has 1 fully saturated rings. The second-order valence-electron chi connectivity index (χ2n) is 8.03. The number of hydrogen-bond acceptors (Lipinski definition) is 5. The third-order valence-corrected chi connectivity index (χ3v) is 6.24. The minimum absolute atomic E-state index is 0.146. The Kier molecular flexibility index (Phi) is 5.44. The Morgan fingerprint density at radius 2 is 1.71 bits per heavy atom. The summed E-state index contributed by atoms with van der Waals surface area (Å²) >= 11 is 6.25. The normalized spacial score (nSPS) is 16.6. The summed E-state index contributed by atoms with van der Waals surface area (Å²) in [6.07, 6.45) is 6.81. The molecule has 1 unspecified atom stereocenters. The topological polar surface area (TPSA) is 60.9 Å². The van der Waals surface area contributed by atoms with E-state index in [1.165, 1.54) is 11.9 Å². The van der Waals surface area contributed by atoms with Gasteiger partial charge in [-0.1, -0.05) is 35.9 Å². The van der Waals surface area contributed by atoms with Crippen LogP contribution in [0, 0.1) is 6.92 Å². The maximum absolute atomic E-state index is 6.25. The van der Waals surface area contributed by atoms with Crippen molar-refractivity contribution in [1.82, 2.24) is 29.7 Å². The number of H-pyrrole nitrogens is 1. The van der Waals surface area contributed by atoms with Gasteiger partial charge in [-0.15, -0.1) is 0 Å². The quantitative estimate of drug-likeness (QED) is 0.516. The fourth-order valence-electron chi connectivity index (χ4n) is 4.21. The van der Waals surface area contributed by atoms with Gasteiger partial charge in [-0.05, 0) is 31.2 Å². The molecule has 1 radical (unpaired) electrons. The number of benzene rings is 1. The van der Waals surface area contributed by atoms with Gasteiger partial charge in [-0.2, -0.15) is 0 Å². The third kappa shape index (κ3) is 3.94. The lowest BCUT2D eigenvalue weighted by atomic mass is 9.98. The zero-order valence-electron chi connectivity index (χ0n) is 17.4. The first-order chi connectivity index (χ1) is 15.1. The molecule has 1 aliphatic heterocycles. The van der Waals surface area contributed by atoms with Gasteiger partial charge in [-0.25, -0.2) is 15.0 Å². The molecule has 4 heterocycles. The van der Waals surface area contributed by atoms with Crippen molar-refractivity contribution in [2.75, 3.05) is 33.2 Å². The van der Waals surface area contributed by atoms with E-state index in [1.807, 2.05) is 18.5 Å². The molecule has 1 aliphatic rings. The van der Waals surface area contributed by atoms with E-state index in [9.17, 15) is 0 Å². The van der Waals surface area contributed by atoms with Crippen LogP contribution in [0.2, 0.25) is 5.02 Å². The van der Waals surface area contributed by atoms with Gasteiger partial charge in [0.25, 0.3) is 0 Å². The van der Waals surface area contributed by atoms with Crippen LogP contribution in [0.15, 0.2) is 55.2 Å². The highest BCUT2D eigenvalue weighted by Crippen LogP contribution is 2.38. The van der Waals surface area contributed by atoms with E-state index in [1.54, 1.807) is 6.20 Å². The maximum atomic E-state index is 6.25. The highest BCUT2D eigenvalue weighted by atomic mass is 35.5. The van der Waals surface area contributed by atoms with Gasteiger partial charge in [0.1, 0.15) is 12.0 Å². The highest BCUT2D eigenvalue weighted by molar-refractivity contribution is 6.31. The van der Waals surface area contributed by atoms with Crippen molar-refractivity contribution in [2.45, 2.75) is 6.04 Å². The van der Waals surface area contributed by atoms with Gasteiger partial charge in [0, 0.05) is 67.3 Å². The fraction of sp³-hybridized carbons (Fsp3) is 0.250. The number of nitrogens with zero attached hydrogens (tertiary/aromatic N) is 5. The zero-order valence-corrected chi connectivity index (χ0v) is 18.2. The van der Waals surface area contributed by atoms with Gasteiger partial charge in [0.15, 0.2) is 0 Å². The predicted molar refractivity (Wildman–Crippen MR) is 125 cm³/mol. The third-order valence-electron chi connectivity index (χ3n) is 6.03. The van der Waals surface area contributed by atoms with Crippen LogP contribution in [0.4, 0.5) is 0 Å². The molecule has 0 saturated carbocycles. The number of aromatic nitrogens is 4. The lowest BCUT2D eigenvalue weighted by Crippen LogP contribution is -2.45.